The quantitative estimate of drug-likeness (QED) is 0.782. The number of nitrogens with two attached hydrogens (primary N) is 1. The first kappa shape index (κ1) is 18.9. The summed E-state index contributed by atoms with van der Waals surface area (Å²) in [5.41, 5.74) is 5.36. The SMILES string of the molecule is CCCCN(C)C(=O)C1CCN(C(=O)C(C)(N)CCC)CC1. The van der Waals surface area contributed by atoms with Crippen molar-refractivity contribution in [3.63, 3.8) is 0 Å². The zero-order valence-corrected chi connectivity index (χ0v) is 14.7. The van der Waals surface area contributed by atoms with Gasteiger partial charge in [0.05, 0.1) is 5.54 Å². The Morgan fingerprint density at radius 3 is 2.32 bits per heavy atom. The molecule has 5 nitrogen and oxygen atoms in total. The molecule has 0 bridgehead atoms. The fourth-order valence-electron chi connectivity index (χ4n) is 3.13. The van der Waals surface area contributed by atoms with Crippen molar-refractivity contribution >= 4 is 11.8 Å². The summed E-state index contributed by atoms with van der Waals surface area (Å²) in [4.78, 5) is 28.5. The molecule has 128 valence electrons. The summed E-state index contributed by atoms with van der Waals surface area (Å²) in [7, 11) is 1.88. The van der Waals surface area contributed by atoms with Gasteiger partial charge in [-0.3, -0.25) is 9.59 Å². The molecular formula is C17H33N3O2. The number of amides is 2. The molecule has 1 atom stereocenters. The monoisotopic (exact) mass is 311 g/mol. The fourth-order valence-corrected chi connectivity index (χ4v) is 3.13. The number of hydrogen-bond donors (Lipinski definition) is 1. The van der Waals surface area contributed by atoms with E-state index < -0.39 is 5.54 Å². The van der Waals surface area contributed by atoms with E-state index in [1.54, 1.807) is 0 Å². The van der Waals surface area contributed by atoms with Crippen LogP contribution in [0.2, 0.25) is 0 Å². The minimum Gasteiger partial charge on any atom is -0.346 e. The van der Waals surface area contributed by atoms with E-state index in [-0.39, 0.29) is 17.7 Å². The Kier molecular flexibility index (Phi) is 7.33. The topological polar surface area (TPSA) is 66.6 Å². The first-order valence-electron chi connectivity index (χ1n) is 8.66. The number of nitrogens with zero attached hydrogens (tertiary/aromatic N) is 2. The van der Waals surface area contributed by atoms with E-state index in [4.69, 9.17) is 5.73 Å². The Bertz CT molecular complexity index is 374. The van der Waals surface area contributed by atoms with Crippen molar-refractivity contribution in [3.8, 4) is 0 Å². The Morgan fingerprint density at radius 2 is 1.82 bits per heavy atom. The maximum absolute atomic E-state index is 12.5. The smallest absolute Gasteiger partial charge is 0.242 e. The second kappa shape index (κ2) is 8.51. The number of piperidine rings is 1. The van der Waals surface area contributed by atoms with Crippen LogP contribution in [0.4, 0.5) is 0 Å². The van der Waals surface area contributed by atoms with Gasteiger partial charge >= 0.3 is 0 Å². The zero-order chi connectivity index (χ0) is 16.8. The average molecular weight is 311 g/mol. The van der Waals surface area contributed by atoms with Crippen molar-refractivity contribution in [2.45, 2.75) is 64.8 Å². The number of carbonyl (C=O) groups excluding carboxylic acids is 2. The summed E-state index contributed by atoms with van der Waals surface area (Å²) in [6.45, 7) is 8.10. The van der Waals surface area contributed by atoms with Gasteiger partial charge in [-0.25, -0.2) is 0 Å². The third-order valence-electron chi connectivity index (χ3n) is 4.61. The molecule has 22 heavy (non-hydrogen) atoms. The van der Waals surface area contributed by atoms with Crippen molar-refractivity contribution in [1.29, 1.82) is 0 Å². The maximum Gasteiger partial charge on any atom is 0.242 e. The number of likely N-dealkylation sites (tertiary alicyclic amines) is 1. The average Bonchev–Trinajstić information content (AvgIpc) is 2.51. The molecule has 0 aromatic heterocycles. The van der Waals surface area contributed by atoms with Crippen LogP contribution in [-0.2, 0) is 9.59 Å². The molecule has 0 aromatic rings. The third-order valence-corrected chi connectivity index (χ3v) is 4.61. The van der Waals surface area contributed by atoms with E-state index in [9.17, 15) is 9.59 Å². The number of rotatable bonds is 7. The third kappa shape index (κ3) is 4.97. The molecule has 0 aliphatic carbocycles. The second-order valence-corrected chi connectivity index (χ2v) is 6.85. The van der Waals surface area contributed by atoms with Crippen LogP contribution in [0.15, 0.2) is 0 Å². The van der Waals surface area contributed by atoms with Crippen LogP contribution in [0, 0.1) is 5.92 Å². The van der Waals surface area contributed by atoms with Crippen molar-refractivity contribution in [1.82, 2.24) is 9.80 Å². The lowest BCUT2D eigenvalue weighted by atomic mass is 9.91. The molecule has 0 aromatic carbocycles. The minimum atomic E-state index is -0.774. The highest BCUT2D eigenvalue weighted by molar-refractivity contribution is 5.86. The van der Waals surface area contributed by atoms with E-state index in [0.717, 1.165) is 38.6 Å². The van der Waals surface area contributed by atoms with Crippen molar-refractivity contribution in [3.05, 3.63) is 0 Å². The van der Waals surface area contributed by atoms with Gasteiger partial charge in [-0.05, 0) is 32.6 Å². The maximum atomic E-state index is 12.5. The highest BCUT2D eigenvalue weighted by Gasteiger charge is 2.35. The number of carbonyl (C=O) groups is 2. The summed E-state index contributed by atoms with van der Waals surface area (Å²) >= 11 is 0. The highest BCUT2D eigenvalue weighted by atomic mass is 16.2. The van der Waals surface area contributed by atoms with Crippen LogP contribution in [0.25, 0.3) is 0 Å². The summed E-state index contributed by atoms with van der Waals surface area (Å²) in [5, 5.41) is 0. The first-order chi connectivity index (χ1) is 10.3. The molecule has 1 rings (SSSR count). The highest BCUT2D eigenvalue weighted by Crippen LogP contribution is 2.22. The van der Waals surface area contributed by atoms with Gasteiger partial charge < -0.3 is 15.5 Å². The van der Waals surface area contributed by atoms with Crippen LogP contribution in [0.5, 0.6) is 0 Å². The lowest BCUT2D eigenvalue weighted by Gasteiger charge is -2.37. The van der Waals surface area contributed by atoms with Crippen LogP contribution in [0.3, 0.4) is 0 Å². The molecule has 1 fully saturated rings. The van der Waals surface area contributed by atoms with E-state index >= 15 is 0 Å². The molecule has 0 saturated carbocycles. The molecule has 1 aliphatic heterocycles. The van der Waals surface area contributed by atoms with Gasteiger partial charge in [-0.1, -0.05) is 26.7 Å². The lowest BCUT2D eigenvalue weighted by Crippen LogP contribution is -2.55. The molecule has 0 radical (unpaired) electrons. The molecule has 5 heteroatoms. The van der Waals surface area contributed by atoms with Crippen LogP contribution in [-0.4, -0.2) is 53.8 Å². The van der Waals surface area contributed by atoms with E-state index in [1.807, 2.05) is 30.7 Å². The summed E-state index contributed by atoms with van der Waals surface area (Å²) < 4.78 is 0. The van der Waals surface area contributed by atoms with Gasteiger partial charge in [-0.2, -0.15) is 0 Å². The minimum absolute atomic E-state index is 0.0274. The van der Waals surface area contributed by atoms with Crippen LogP contribution in [0.1, 0.15) is 59.3 Å². The Hall–Kier alpha value is -1.10. The van der Waals surface area contributed by atoms with Gasteiger partial charge in [0, 0.05) is 32.6 Å². The van der Waals surface area contributed by atoms with Crippen LogP contribution >= 0.6 is 0 Å². The summed E-state index contributed by atoms with van der Waals surface area (Å²) in [6, 6.07) is 0. The Balaban J connectivity index is 2.49. The fraction of sp³-hybridized carbons (Fsp3) is 0.882. The molecule has 2 N–H and O–H groups in total. The van der Waals surface area contributed by atoms with Crippen molar-refractivity contribution < 1.29 is 9.59 Å². The van der Waals surface area contributed by atoms with Crippen molar-refractivity contribution in [2.24, 2.45) is 11.7 Å². The molecule has 0 spiro atoms. The molecule has 1 aliphatic rings. The van der Waals surface area contributed by atoms with Gasteiger partial charge in [0.25, 0.3) is 0 Å². The lowest BCUT2D eigenvalue weighted by molar-refractivity contribution is -0.142. The summed E-state index contributed by atoms with van der Waals surface area (Å²) in [6.07, 6.45) is 5.24. The van der Waals surface area contributed by atoms with Crippen LogP contribution < -0.4 is 5.73 Å². The number of hydrogen-bond acceptors (Lipinski definition) is 3. The summed E-state index contributed by atoms with van der Waals surface area (Å²) in [5.74, 6) is 0.310. The number of unbranched alkanes of at least 4 members (excludes halogenated alkanes) is 1. The van der Waals surface area contributed by atoms with Gasteiger partial charge in [-0.15, -0.1) is 0 Å². The standard InChI is InChI=1S/C17H33N3O2/c1-5-7-11-19(4)15(21)14-8-12-20(13-9-14)16(22)17(3,18)10-6-2/h14H,5-13,18H2,1-4H3. The largest absolute Gasteiger partial charge is 0.346 e. The van der Waals surface area contributed by atoms with E-state index in [0.29, 0.717) is 19.5 Å². The molecular weight excluding hydrogens is 278 g/mol. The Labute approximate surface area is 135 Å². The van der Waals surface area contributed by atoms with Crippen molar-refractivity contribution in [2.75, 3.05) is 26.7 Å². The Morgan fingerprint density at radius 1 is 1.23 bits per heavy atom. The predicted octanol–water partition coefficient (Wildman–Crippen LogP) is 2.00. The first-order valence-corrected chi connectivity index (χ1v) is 8.66. The molecule has 1 heterocycles. The van der Waals surface area contributed by atoms with E-state index in [1.165, 1.54) is 0 Å². The molecule has 1 saturated heterocycles. The van der Waals surface area contributed by atoms with Gasteiger partial charge in [0.15, 0.2) is 0 Å². The van der Waals surface area contributed by atoms with Gasteiger partial charge in [0.1, 0.15) is 0 Å². The zero-order valence-electron chi connectivity index (χ0n) is 14.7. The van der Waals surface area contributed by atoms with Gasteiger partial charge in [0.2, 0.25) is 11.8 Å². The molecule has 1 unspecified atom stereocenters. The second-order valence-electron chi connectivity index (χ2n) is 6.85. The van der Waals surface area contributed by atoms with E-state index in [2.05, 4.69) is 6.92 Å². The normalized spacial score (nSPS) is 18.9. The predicted molar refractivity (Wildman–Crippen MR) is 89.3 cm³/mol. The molecule has 2 amide bonds.